The van der Waals surface area contributed by atoms with Crippen LogP contribution in [-0.4, -0.2) is 24.0 Å². The lowest BCUT2D eigenvalue weighted by molar-refractivity contribution is 0.681. The molecule has 142 valence electrons. The third-order valence-corrected chi connectivity index (χ3v) is 5.74. The molecule has 0 atom stereocenters. The molecule has 4 rings (SSSR count). The Balaban J connectivity index is 2.02. The van der Waals surface area contributed by atoms with Crippen LogP contribution in [-0.2, 0) is 12.8 Å². The normalized spacial score (nSPS) is 17.0. The zero-order valence-electron chi connectivity index (χ0n) is 16.3. The molecule has 2 aliphatic carbocycles. The first-order chi connectivity index (χ1) is 13.5. The van der Waals surface area contributed by atoms with Gasteiger partial charge in [-0.3, -0.25) is 0 Å². The van der Waals surface area contributed by atoms with E-state index >= 15 is 0 Å². The number of hydrogen-bond donors (Lipinski definition) is 4. The van der Waals surface area contributed by atoms with Crippen LogP contribution in [0.25, 0.3) is 22.9 Å². The third kappa shape index (κ3) is 2.83. The second kappa shape index (κ2) is 7.08. The molecular formula is C23H25N5. The Bertz CT molecular complexity index is 1060. The van der Waals surface area contributed by atoms with Crippen molar-refractivity contribution in [3.05, 3.63) is 57.9 Å². The minimum atomic E-state index is 0.528. The summed E-state index contributed by atoms with van der Waals surface area (Å²) in [6.45, 7) is 2.02. The number of rotatable bonds is 3. The number of pyridine rings is 1. The number of nitrogens with zero attached hydrogens (tertiary/aromatic N) is 1. The van der Waals surface area contributed by atoms with Gasteiger partial charge in [0.2, 0.25) is 0 Å². The molecule has 2 aromatic rings. The van der Waals surface area contributed by atoms with Crippen molar-refractivity contribution in [2.75, 3.05) is 12.8 Å². The molecule has 0 radical (unpaired) electrons. The summed E-state index contributed by atoms with van der Waals surface area (Å²) < 4.78 is 0. The van der Waals surface area contributed by atoms with E-state index in [9.17, 15) is 0 Å². The maximum atomic E-state index is 8.47. The van der Waals surface area contributed by atoms with Crippen LogP contribution in [0.1, 0.15) is 47.7 Å². The van der Waals surface area contributed by atoms with Crippen LogP contribution in [0.15, 0.2) is 30.0 Å². The van der Waals surface area contributed by atoms with E-state index in [0.717, 1.165) is 59.5 Å². The molecular weight excluding hydrogens is 346 g/mol. The van der Waals surface area contributed by atoms with Gasteiger partial charge < -0.3 is 21.9 Å². The Morgan fingerprint density at radius 1 is 1.18 bits per heavy atom. The van der Waals surface area contributed by atoms with Crippen molar-refractivity contribution in [2.45, 2.75) is 32.6 Å². The number of allylic oxidation sites excluding steroid dienone is 3. The summed E-state index contributed by atoms with van der Waals surface area (Å²) >= 11 is 0. The lowest BCUT2D eigenvalue weighted by Crippen LogP contribution is -2.19. The molecule has 1 aromatic heterocycles. The second-order valence-corrected chi connectivity index (χ2v) is 7.37. The van der Waals surface area contributed by atoms with Gasteiger partial charge in [0.1, 0.15) is 0 Å². The van der Waals surface area contributed by atoms with Gasteiger partial charge in [-0.05, 0) is 68.0 Å². The van der Waals surface area contributed by atoms with Crippen molar-refractivity contribution in [1.29, 1.82) is 10.8 Å². The van der Waals surface area contributed by atoms with Crippen molar-refractivity contribution < 1.29 is 0 Å². The quantitative estimate of drug-likeness (QED) is 0.480. The molecule has 0 saturated carbocycles. The van der Waals surface area contributed by atoms with Crippen LogP contribution >= 0.6 is 0 Å². The van der Waals surface area contributed by atoms with E-state index in [0.29, 0.717) is 17.0 Å². The van der Waals surface area contributed by atoms with Crippen LogP contribution < -0.4 is 11.1 Å². The Hall–Kier alpha value is -3.21. The fourth-order valence-electron chi connectivity index (χ4n) is 4.22. The van der Waals surface area contributed by atoms with Gasteiger partial charge in [-0.25, -0.2) is 4.98 Å². The number of anilines is 1. The van der Waals surface area contributed by atoms with Crippen molar-refractivity contribution in [2.24, 2.45) is 0 Å². The highest BCUT2D eigenvalue weighted by Crippen LogP contribution is 2.40. The summed E-state index contributed by atoms with van der Waals surface area (Å²) in [6.07, 6.45) is 9.36. The first kappa shape index (κ1) is 18.2. The average molecular weight is 371 g/mol. The standard InChI is InChI=1S/C23H25N5/c1-13(27-2)21-19(26)9-10-20-22(21)16-5-3-4-6-17(16)23(28-20)14-7-8-18(25)15(11-14)12-24/h7-12,24,26-27H,3-6,25H2,1-2H3/b21-13+,24-12?,26-19?. The van der Waals surface area contributed by atoms with E-state index in [1.807, 2.05) is 44.3 Å². The largest absolute Gasteiger partial charge is 0.398 e. The molecule has 0 bridgehead atoms. The molecule has 0 aliphatic heterocycles. The van der Waals surface area contributed by atoms with E-state index in [1.165, 1.54) is 17.3 Å². The number of hydrogen-bond acceptors (Lipinski definition) is 5. The zero-order valence-corrected chi connectivity index (χ0v) is 16.3. The van der Waals surface area contributed by atoms with Crippen molar-refractivity contribution >= 4 is 29.3 Å². The smallest absolute Gasteiger partial charge is 0.0744 e. The predicted octanol–water partition coefficient (Wildman–Crippen LogP) is 4.20. The number of nitrogens with one attached hydrogen (secondary N) is 3. The molecule has 5 heteroatoms. The van der Waals surface area contributed by atoms with Gasteiger partial charge >= 0.3 is 0 Å². The third-order valence-electron chi connectivity index (χ3n) is 5.74. The van der Waals surface area contributed by atoms with Crippen LogP contribution in [0, 0.1) is 10.8 Å². The van der Waals surface area contributed by atoms with E-state index in [2.05, 4.69) is 5.32 Å². The highest BCUT2D eigenvalue weighted by Gasteiger charge is 2.28. The van der Waals surface area contributed by atoms with Crippen LogP contribution in [0.5, 0.6) is 0 Å². The molecule has 0 saturated heterocycles. The topological polar surface area (TPSA) is 98.6 Å². The fourth-order valence-corrected chi connectivity index (χ4v) is 4.22. The lowest BCUT2D eigenvalue weighted by atomic mass is 9.80. The first-order valence-corrected chi connectivity index (χ1v) is 9.67. The number of nitrogens with two attached hydrogens (primary N) is 1. The molecule has 0 fully saturated rings. The summed E-state index contributed by atoms with van der Waals surface area (Å²) in [5.74, 6) is 0. The minimum Gasteiger partial charge on any atom is -0.398 e. The number of benzene rings is 1. The van der Waals surface area contributed by atoms with E-state index < -0.39 is 0 Å². The zero-order chi connectivity index (χ0) is 19.8. The van der Waals surface area contributed by atoms with Crippen LogP contribution in [0.4, 0.5) is 5.69 Å². The Morgan fingerprint density at radius 3 is 2.64 bits per heavy atom. The molecule has 1 heterocycles. The highest BCUT2D eigenvalue weighted by molar-refractivity contribution is 6.32. The predicted molar refractivity (Wildman–Crippen MR) is 117 cm³/mol. The molecule has 2 aliphatic rings. The van der Waals surface area contributed by atoms with Gasteiger partial charge in [0.05, 0.1) is 17.1 Å². The fraction of sp³-hybridized carbons (Fsp3) is 0.261. The van der Waals surface area contributed by atoms with Gasteiger partial charge in [0.15, 0.2) is 0 Å². The molecule has 5 N–H and O–H groups in total. The van der Waals surface area contributed by atoms with Gasteiger partial charge in [0, 0.05) is 46.9 Å². The van der Waals surface area contributed by atoms with Crippen molar-refractivity contribution in [3.8, 4) is 11.3 Å². The molecule has 0 amide bonds. The van der Waals surface area contributed by atoms with E-state index in [-0.39, 0.29) is 0 Å². The number of aromatic nitrogens is 1. The number of nitrogen functional groups attached to an aromatic ring is 1. The Kier molecular flexibility index (Phi) is 4.59. The van der Waals surface area contributed by atoms with Gasteiger partial charge in [-0.2, -0.15) is 0 Å². The van der Waals surface area contributed by atoms with Crippen molar-refractivity contribution in [1.82, 2.24) is 10.3 Å². The van der Waals surface area contributed by atoms with Gasteiger partial charge in [-0.1, -0.05) is 6.07 Å². The minimum absolute atomic E-state index is 0.528. The van der Waals surface area contributed by atoms with Gasteiger partial charge in [-0.15, -0.1) is 0 Å². The Labute approximate surface area is 165 Å². The summed E-state index contributed by atoms with van der Waals surface area (Å²) in [6, 6.07) is 5.81. The second-order valence-electron chi connectivity index (χ2n) is 7.37. The molecule has 1 aromatic carbocycles. The Morgan fingerprint density at radius 2 is 1.93 bits per heavy atom. The number of fused-ring (bicyclic) bond motifs is 3. The summed E-state index contributed by atoms with van der Waals surface area (Å²) in [5.41, 5.74) is 16.4. The maximum absolute atomic E-state index is 8.47. The SMILES string of the molecule is CN/C(C)=C1\C(=N)C=Cc2nc(-c3ccc(N)c(C=N)c3)c3c(c21)CCCC3. The van der Waals surface area contributed by atoms with E-state index in [4.69, 9.17) is 21.5 Å². The summed E-state index contributed by atoms with van der Waals surface area (Å²) in [7, 11) is 1.90. The van der Waals surface area contributed by atoms with Gasteiger partial charge in [0.25, 0.3) is 0 Å². The monoisotopic (exact) mass is 371 g/mol. The van der Waals surface area contributed by atoms with Crippen LogP contribution in [0.2, 0.25) is 0 Å². The lowest BCUT2D eigenvalue weighted by Gasteiger charge is -2.28. The molecule has 0 unspecified atom stereocenters. The molecule has 0 spiro atoms. The summed E-state index contributed by atoms with van der Waals surface area (Å²) in [4.78, 5) is 5.04. The maximum Gasteiger partial charge on any atom is 0.0744 e. The average Bonchev–Trinajstić information content (AvgIpc) is 2.73. The van der Waals surface area contributed by atoms with Crippen molar-refractivity contribution in [3.63, 3.8) is 0 Å². The van der Waals surface area contributed by atoms with Crippen LogP contribution in [0.3, 0.4) is 0 Å². The first-order valence-electron chi connectivity index (χ1n) is 9.67. The molecule has 28 heavy (non-hydrogen) atoms. The summed E-state index contributed by atoms with van der Waals surface area (Å²) in [5, 5.41) is 19.3. The van der Waals surface area contributed by atoms with E-state index in [1.54, 1.807) is 0 Å². The highest BCUT2D eigenvalue weighted by atomic mass is 14.8. The molecule has 5 nitrogen and oxygen atoms in total.